The molecule has 1 saturated heterocycles. The summed E-state index contributed by atoms with van der Waals surface area (Å²) in [5.41, 5.74) is 4.26. The maximum atomic E-state index is 12.0. The van der Waals surface area contributed by atoms with Crippen molar-refractivity contribution in [2.75, 3.05) is 20.1 Å². The van der Waals surface area contributed by atoms with Crippen LogP contribution in [0.15, 0.2) is 84.9 Å². The van der Waals surface area contributed by atoms with E-state index in [1.165, 1.54) is 29.5 Å². The van der Waals surface area contributed by atoms with Crippen molar-refractivity contribution < 1.29 is 9.53 Å². The Morgan fingerprint density at radius 2 is 1.66 bits per heavy atom. The normalized spacial score (nSPS) is 16.8. The molecule has 0 aromatic heterocycles. The van der Waals surface area contributed by atoms with Crippen molar-refractivity contribution >= 4 is 5.91 Å². The molecule has 0 radical (unpaired) electrons. The quantitative estimate of drug-likeness (QED) is 0.536. The van der Waals surface area contributed by atoms with Crippen LogP contribution in [0.4, 0.5) is 0 Å². The number of nitrogens with zero attached hydrogens (tertiary/aromatic N) is 1. The van der Waals surface area contributed by atoms with Crippen LogP contribution in [0.5, 0.6) is 0 Å². The van der Waals surface area contributed by atoms with E-state index in [9.17, 15) is 4.79 Å². The van der Waals surface area contributed by atoms with Crippen molar-refractivity contribution in [1.29, 1.82) is 0 Å². The van der Waals surface area contributed by atoms with E-state index in [0.29, 0.717) is 5.56 Å². The number of amides is 1. The Labute approximate surface area is 191 Å². The number of ether oxygens (including phenoxy) is 1. The third kappa shape index (κ3) is 5.64. The van der Waals surface area contributed by atoms with Gasteiger partial charge in [0.15, 0.2) is 0 Å². The zero-order valence-corrected chi connectivity index (χ0v) is 18.7. The Morgan fingerprint density at radius 3 is 2.31 bits per heavy atom. The minimum atomic E-state index is -0.0837. The van der Waals surface area contributed by atoms with E-state index in [1.807, 2.05) is 30.3 Å². The van der Waals surface area contributed by atoms with Gasteiger partial charge in [0.1, 0.15) is 12.3 Å². The van der Waals surface area contributed by atoms with Crippen molar-refractivity contribution in [2.45, 2.75) is 38.0 Å². The number of rotatable bonds is 8. The SMILES string of the molecule is CNC(=O)c1cccc(CCN2CCCCC2OC(c2ccccc2)c2ccccc2)c1. The number of nitrogens with one attached hydrogen (secondary N) is 1. The molecule has 0 aliphatic carbocycles. The summed E-state index contributed by atoms with van der Waals surface area (Å²) in [7, 11) is 1.67. The average molecular weight is 429 g/mol. The fourth-order valence-corrected chi connectivity index (χ4v) is 4.42. The summed E-state index contributed by atoms with van der Waals surface area (Å²) in [6, 6.07) is 28.9. The molecule has 1 amide bonds. The van der Waals surface area contributed by atoms with Crippen molar-refractivity contribution in [3.63, 3.8) is 0 Å². The van der Waals surface area contributed by atoms with Crippen molar-refractivity contribution in [3.05, 3.63) is 107 Å². The smallest absolute Gasteiger partial charge is 0.251 e. The van der Waals surface area contributed by atoms with Gasteiger partial charge in [-0.25, -0.2) is 0 Å². The number of benzene rings is 3. The summed E-state index contributed by atoms with van der Waals surface area (Å²) >= 11 is 0. The zero-order valence-electron chi connectivity index (χ0n) is 18.7. The summed E-state index contributed by atoms with van der Waals surface area (Å²) in [4.78, 5) is 14.4. The maximum Gasteiger partial charge on any atom is 0.251 e. The van der Waals surface area contributed by atoms with E-state index in [2.05, 4.69) is 64.8 Å². The molecule has 3 aromatic rings. The number of carbonyl (C=O) groups is 1. The molecule has 0 spiro atoms. The molecule has 1 N–H and O–H groups in total. The fourth-order valence-electron chi connectivity index (χ4n) is 4.42. The van der Waals surface area contributed by atoms with Crippen LogP contribution in [0.2, 0.25) is 0 Å². The molecule has 1 heterocycles. The van der Waals surface area contributed by atoms with Gasteiger partial charge in [-0.2, -0.15) is 0 Å². The van der Waals surface area contributed by atoms with Crippen LogP contribution in [0.3, 0.4) is 0 Å². The standard InChI is InChI=1S/C28H32N2O2/c1-29-28(31)25-16-10-11-22(21-25)18-20-30-19-9-8-17-26(30)32-27(23-12-4-2-5-13-23)24-14-6-3-7-15-24/h2-7,10-16,21,26-27H,8-9,17-20H2,1H3,(H,29,31). The van der Waals surface area contributed by atoms with Crippen LogP contribution in [-0.2, 0) is 11.2 Å². The minimum Gasteiger partial charge on any atom is -0.355 e. The van der Waals surface area contributed by atoms with Gasteiger partial charge < -0.3 is 10.1 Å². The predicted octanol–water partition coefficient (Wildman–Crippen LogP) is 5.21. The Balaban J connectivity index is 1.48. The predicted molar refractivity (Wildman–Crippen MR) is 129 cm³/mol. The van der Waals surface area contributed by atoms with Crippen LogP contribution in [0.1, 0.15) is 52.4 Å². The van der Waals surface area contributed by atoms with Crippen molar-refractivity contribution in [3.8, 4) is 0 Å². The van der Waals surface area contributed by atoms with Gasteiger partial charge in [-0.15, -0.1) is 0 Å². The molecule has 0 saturated carbocycles. The largest absolute Gasteiger partial charge is 0.355 e. The summed E-state index contributed by atoms with van der Waals surface area (Å²) < 4.78 is 6.81. The van der Waals surface area contributed by atoms with Crippen LogP contribution in [0.25, 0.3) is 0 Å². The first-order valence-electron chi connectivity index (χ1n) is 11.5. The Hall–Kier alpha value is -2.95. The molecule has 1 aliphatic heterocycles. The number of piperidine rings is 1. The van der Waals surface area contributed by atoms with Gasteiger partial charge in [0.05, 0.1) is 0 Å². The molecule has 1 fully saturated rings. The third-order valence-corrected chi connectivity index (χ3v) is 6.16. The van der Waals surface area contributed by atoms with Crippen LogP contribution in [0, 0.1) is 0 Å². The molecule has 4 heteroatoms. The minimum absolute atomic E-state index is 0.0420. The Kier molecular flexibility index (Phi) is 7.70. The van der Waals surface area contributed by atoms with Crippen LogP contribution in [-0.4, -0.2) is 37.2 Å². The first kappa shape index (κ1) is 22.3. The first-order valence-corrected chi connectivity index (χ1v) is 11.5. The van der Waals surface area contributed by atoms with E-state index in [0.717, 1.165) is 25.9 Å². The summed E-state index contributed by atoms with van der Waals surface area (Å²) in [5, 5.41) is 2.70. The average Bonchev–Trinajstić information content (AvgIpc) is 2.87. The second-order valence-electron chi connectivity index (χ2n) is 8.35. The van der Waals surface area contributed by atoms with Gasteiger partial charge in [0.25, 0.3) is 5.91 Å². The summed E-state index contributed by atoms with van der Waals surface area (Å²) in [6.45, 7) is 1.95. The molecular formula is C28H32N2O2. The number of likely N-dealkylation sites (tertiary alicyclic amines) is 1. The highest BCUT2D eigenvalue weighted by atomic mass is 16.5. The molecule has 1 atom stereocenters. The molecular weight excluding hydrogens is 396 g/mol. The van der Waals surface area contributed by atoms with Gasteiger partial charge in [-0.05, 0) is 54.5 Å². The van der Waals surface area contributed by atoms with Gasteiger partial charge in [0, 0.05) is 25.7 Å². The molecule has 4 nitrogen and oxygen atoms in total. The number of carbonyl (C=O) groups excluding carboxylic acids is 1. The summed E-state index contributed by atoms with van der Waals surface area (Å²) in [6.07, 6.45) is 4.31. The molecule has 32 heavy (non-hydrogen) atoms. The lowest BCUT2D eigenvalue weighted by Crippen LogP contribution is -2.43. The highest BCUT2D eigenvalue weighted by molar-refractivity contribution is 5.94. The summed E-state index contributed by atoms with van der Waals surface area (Å²) in [5.74, 6) is -0.0420. The highest BCUT2D eigenvalue weighted by Crippen LogP contribution is 2.31. The van der Waals surface area contributed by atoms with E-state index in [1.54, 1.807) is 7.05 Å². The second kappa shape index (κ2) is 11.1. The Bertz CT molecular complexity index is 951. The van der Waals surface area contributed by atoms with Gasteiger partial charge in [0.2, 0.25) is 0 Å². The van der Waals surface area contributed by atoms with Gasteiger partial charge >= 0.3 is 0 Å². The lowest BCUT2D eigenvalue weighted by Gasteiger charge is -2.38. The van der Waals surface area contributed by atoms with Crippen molar-refractivity contribution in [2.24, 2.45) is 0 Å². The molecule has 3 aromatic carbocycles. The highest BCUT2D eigenvalue weighted by Gasteiger charge is 2.27. The molecule has 1 aliphatic rings. The second-order valence-corrected chi connectivity index (χ2v) is 8.35. The number of hydrogen-bond donors (Lipinski definition) is 1. The lowest BCUT2D eigenvalue weighted by atomic mass is 10.0. The molecule has 0 bridgehead atoms. The van der Waals surface area contributed by atoms with E-state index < -0.39 is 0 Å². The van der Waals surface area contributed by atoms with Crippen LogP contribution >= 0.6 is 0 Å². The van der Waals surface area contributed by atoms with E-state index in [-0.39, 0.29) is 18.2 Å². The Morgan fingerprint density at radius 1 is 0.969 bits per heavy atom. The first-order chi connectivity index (χ1) is 15.7. The number of hydrogen-bond acceptors (Lipinski definition) is 3. The van der Waals surface area contributed by atoms with E-state index in [4.69, 9.17) is 4.74 Å². The topological polar surface area (TPSA) is 41.6 Å². The third-order valence-electron chi connectivity index (χ3n) is 6.16. The van der Waals surface area contributed by atoms with Gasteiger partial charge in [-0.3, -0.25) is 9.69 Å². The molecule has 166 valence electrons. The lowest BCUT2D eigenvalue weighted by molar-refractivity contribution is -0.105. The van der Waals surface area contributed by atoms with Crippen LogP contribution < -0.4 is 5.32 Å². The van der Waals surface area contributed by atoms with E-state index >= 15 is 0 Å². The fraction of sp³-hybridized carbons (Fsp3) is 0.321. The van der Waals surface area contributed by atoms with Gasteiger partial charge in [-0.1, -0.05) is 72.8 Å². The monoisotopic (exact) mass is 428 g/mol. The van der Waals surface area contributed by atoms with Crippen molar-refractivity contribution in [1.82, 2.24) is 10.2 Å². The molecule has 4 rings (SSSR count). The zero-order chi connectivity index (χ0) is 22.2. The maximum absolute atomic E-state index is 12.0. The molecule has 1 unspecified atom stereocenters.